The van der Waals surface area contributed by atoms with Crippen LogP contribution in [0.15, 0.2) is 40.7 Å². The second-order valence-electron chi connectivity index (χ2n) is 7.25. The van der Waals surface area contributed by atoms with Crippen LogP contribution < -0.4 is 10.6 Å². The van der Waals surface area contributed by atoms with Crippen molar-refractivity contribution in [2.75, 3.05) is 27.2 Å². The lowest BCUT2D eigenvalue weighted by atomic mass is 9.84. The highest BCUT2D eigenvalue weighted by Gasteiger charge is 2.24. The van der Waals surface area contributed by atoms with E-state index in [1.807, 2.05) is 31.4 Å². The fourth-order valence-electron chi connectivity index (χ4n) is 2.48. The topological polar surface area (TPSA) is 56.7 Å². The molecular weight excluding hydrogens is 526 g/mol. The number of thiophene rings is 1. The number of guanidine groups is 1. The van der Waals surface area contributed by atoms with Gasteiger partial charge >= 0.3 is 0 Å². The largest absolute Gasteiger partial charge is 0.356 e. The molecule has 0 radical (unpaired) electrons. The quantitative estimate of drug-likeness (QED) is 0.307. The van der Waals surface area contributed by atoms with E-state index >= 15 is 0 Å². The van der Waals surface area contributed by atoms with Gasteiger partial charge in [0.2, 0.25) is 5.91 Å². The Balaban J connectivity index is 0.00000420. The number of benzene rings is 1. The van der Waals surface area contributed by atoms with E-state index in [2.05, 4.69) is 15.6 Å². The Labute approximate surface area is 197 Å². The molecule has 2 rings (SSSR count). The van der Waals surface area contributed by atoms with E-state index in [1.54, 1.807) is 31.5 Å². The minimum absolute atomic E-state index is 0. The molecule has 0 saturated carbocycles. The van der Waals surface area contributed by atoms with E-state index in [9.17, 15) is 9.18 Å². The molecule has 0 spiro atoms. The van der Waals surface area contributed by atoms with E-state index in [-0.39, 0.29) is 47.7 Å². The number of hydrogen-bond donors (Lipinski definition) is 2. The minimum atomic E-state index is -0.373. The first-order valence-corrected chi connectivity index (χ1v) is 10.1. The molecule has 2 aromatic rings. The molecular formula is C20H27ClFIN4OS. The molecule has 1 aromatic carbocycles. The number of nitrogens with one attached hydrogen (secondary N) is 2. The van der Waals surface area contributed by atoms with Gasteiger partial charge in [-0.05, 0) is 29.1 Å². The van der Waals surface area contributed by atoms with Gasteiger partial charge < -0.3 is 15.5 Å². The normalized spacial score (nSPS) is 11.6. The van der Waals surface area contributed by atoms with Gasteiger partial charge in [0, 0.05) is 36.0 Å². The highest BCUT2D eigenvalue weighted by molar-refractivity contribution is 14.0. The van der Waals surface area contributed by atoms with Crippen molar-refractivity contribution < 1.29 is 9.18 Å². The second-order valence-corrected chi connectivity index (χ2v) is 8.69. The molecule has 0 aliphatic carbocycles. The fourth-order valence-corrected chi connectivity index (χ4v) is 3.55. The molecule has 9 heteroatoms. The van der Waals surface area contributed by atoms with E-state index in [1.165, 1.54) is 17.0 Å². The molecule has 0 aliphatic heterocycles. The van der Waals surface area contributed by atoms with Gasteiger partial charge in [-0.3, -0.25) is 4.79 Å². The Morgan fingerprint density at radius 2 is 2.00 bits per heavy atom. The van der Waals surface area contributed by atoms with Crippen LogP contribution in [0.2, 0.25) is 5.02 Å². The van der Waals surface area contributed by atoms with E-state index < -0.39 is 0 Å². The summed E-state index contributed by atoms with van der Waals surface area (Å²) >= 11 is 7.88. The summed E-state index contributed by atoms with van der Waals surface area (Å²) in [4.78, 5) is 18.9. The Hall–Kier alpha value is -1.39. The molecule has 2 N–H and O–H groups in total. The highest BCUT2D eigenvalue weighted by Crippen LogP contribution is 2.29. The molecule has 160 valence electrons. The molecule has 0 saturated heterocycles. The molecule has 0 aliphatic rings. The second kappa shape index (κ2) is 11.7. The third-order valence-corrected chi connectivity index (χ3v) is 5.43. The van der Waals surface area contributed by atoms with Gasteiger partial charge in [-0.25, -0.2) is 9.38 Å². The molecule has 5 nitrogen and oxygen atoms in total. The summed E-state index contributed by atoms with van der Waals surface area (Å²) in [5.41, 5.74) is 0.465. The van der Waals surface area contributed by atoms with Crippen LogP contribution in [0, 0.1) is 5.82 Å². The summed E-state index contributed by atoms with van der Waals surface area (Å²) in [7, 11) is 3.40. The molecule has 0 atom stereocenters. The number of carbonyl (C=O) groups excluding carboxylic acids is 1. The Morgan fingerprint density at radius 3 is 2.59 bits per heavy atom. The number of carbonyl (C=O) groups is 1. The molecule has 0 fully saturated rings. The van der Waals surface area contributed by atoms with Gasteiger partial charge in [-0.2, -0.15) is 0 Å². The van der Waals surface area contributed by atoms with Crippen LogP contribution in [0.25, 0.3) is 0 Å². The third kappa shape index (κ3) is 8.10. The van der Waals surface area contributed by atoms with Gasteiger partial charge in [0.1, 0.15) is 12.4 Å². The monoisotopic (exact) mass is 552 g/mol. The van der Waals surface area contributed by atoms with Crippen molar-refractivity contribution in [3.8, 4) is 0 Å². The number of aliphatic imine (C=N–C) groups is 1. The average molecular weight is 553 g/mol. The summed E-state index contributed by atoms with van der Waals surface area (Å²) < 4.78 is 13.4. The van der Waals surface area contributed by atoms with Crippen molar-refractivity contribution in [1.29, 1.82) is 0 Å². The van der Waals surface area contributed by atoms with E-state index in [4.69, 9.17) is 11.6 Å². The summed E-state index contributed by atoms with van der Waals surface area (Å²) in [5.74, 6) is 0.0903. The third-order valence-electron chi connectivity index (χ3n) is 4.24. The molecule has 0 unspecified atom stereocenters. The summed E-state index contributed by atoms with van der Waals surface area (Å²) in [5, 5.41) is 8.93. The SMILES string of the molecule is CN(C)C(=O)CN=C(NCc1cccs1)NCC(C)(C)c1ccc(F)cc1Cl.I. The van der Waals surface area contributed by atoms with Crippen molar-refractivity contribution >= 4 is 58.8 Å². The number of amides is 1. The standard InChI is InChI=1S/C20H26ClFN4OS.HI/c1-20(2,16-8-7-14(22)10-17(16)21)13-25-19(24-12-18(27)26(3)4)23-11-15-6-5-9-28-15;/h5-10H,11-13H2,1-4H3,(H2,23,24,25);1H. The van der Waals surface area contributed by atoms with Gasteiger partial charge in [-0.15, -0.1) is 35.3 Å². The number of rotatable bonds is 7. The molecule has 1 amide bonds. The maximum Gasteiger partial charge on any atom is 0.243 e. The average Bonchev–Trinajstić information content (AvgIpc) is 3.13. The van der Waals surface area contributed by atoms with Crippen molar-refractivity contribution in [1.82, 2.24) is 15.5 Å². The summed E-state index contributed by atoms with van der Waals surface area (Å²) in [6.45, 7) is 5.19. The number of halogens is 3. The predicted octanol–water partition coefficient (Wildman–Crippen LogP) is 4.26. The van der Waals surface area contributed by atoms with Crippen molar-refractivity contribution in [3.05, 3.63) is 57.0 Å². The minimum Gasteiger partial charge on any atom is -0.356 e. The first-order valence-electron chi connectivity index (χ1n) is 8.89. The number of nitrogens with zero attached hydrogens (tertiary/aromatic N) is 2. The zero-order valence-electron chi connectivity index (χ0n) is 17.0. The van der Waals surface area contributed by atoms with Crippen molar-refractivity contribution in [2.45, 2.75) is 25.8 Å². The van der Waals surface area contributed by atoms with Gasteiger partial charge in [0.15, 0.2) is 5.96 Å². The van der Waals surface area contributed by atoms with Crippen LogP contribution in [-0.2, 0) is 16.8 Å². The van der Waals surface area contributed by atoms with E-state index in [0.717, 1.165) is 10.4 Å². The lowest BCUT2D eigenvalue weighted by molar-refractivity contribution is -0.127. The zero-order chi connectivity index (χ0) is 20.7. The van der Waals surface area contributed by atoms with Gasteiger partial charge in [0.05, 0.1) is 6.54 Å². The van der Waals surface area contributed by atoms with Gasteiger partial charge in [0.25, 0.3) is 0 Å². The Bertz CT molecular complexity index is 828. The number of likely N-dealkylation sites (N-methyl/N-ethyl adjacent to an activating group) is 1. The smallest absolute Gasteiger partial charge is 0.243 e. The van der Waals surface area contributed by atoms with Crippen LogP contribution in [0.1, 0.15) is 24.3 Å². The zero-order valence-corrected chi connectivity index (χ0v) is 20.9. The first-order chi connectivity index (χ1) is 13.2. The summed E-state index contributed by atoms with van der Waals surface area (Å²) in [6, 6.07) is 8.44. The Kier molecular flexibility index (Phi) is 10.4. The van der Waals surface area contributed by atoms with Crippen LogP contribution in [-0.4, -0.2) is 44.0 Å². The molecule has 1 aromatic heterocycles. The van der Waals surface area contributed by atoms with Crippen LogP contribution in [0.5, 0.6) is 0 Å². The van der Waals surface area contributed by atoms with Crippen molar-refractivity contribution in [3.63, 3.8) is 0 Å². The maximum atomic E-state index is 13.4. The lowest BCUT2D eigenvalue weighted by Crippen LogP contribution is -2.43. The number of hydrogen-bond acceptors (Lipinski definition) is 3. The van der Waals surface area contributed by atoms with Crippen LogP contribution in [0.3, 0.4) is 0 Å². The summed E-state index contributed by atoms with van der Waals surface area (Å²) in [6.07, 6.45) is 0. The predicted molar refractivity (Wildman–Crippen MR) is 130 cm³/mol. The van der Waals surface area contributed by atoms with Crippen LogP contribution >= 0.6 is 46.9 Å². The highest BCUT2D eigenvalue weighted by atomic mass is 127. The van der Waals surface area contributed by atoms with E-state index in [0.29, 0.717) is 24.1 Å². The van der Waals surface area contributed by atoms with Gasteiger partial charge in [-0.1, -0.05) is 37.6 Å². The van der Waals surface area contributed by atoms with Crippen LogP contribution in [0.4, 0.5) is 4.39 Å². The molecule has 29 heavy (non-hydrogen) atoms. The lowest BCUT2D eigenvalue weighted by Gasteiger charge is -2.28. The first kappa shape index (κ1) is 25.6. The molecule has 1 heterocycles. The fraction of sp³-hybridized carbons (Fsp3) is 0.400. The molecule has 0 bridgehead atoms. The maximum absolute atomic E-state index is 13.4. The Morgan fingerprint density at radius 1 is 1.28 bits per heavy atom. The van der Waals surface area contributed by atoms with Crippen molar-refractivity contribution in [2.24, 2.45) is 4.99 Å².